The first-order chi connectivity index (χ1) is 10.7. The second kappa shape index (κ2) is 6.30. The van der Waals surface area contributed by atoms with E-state index >= 15 is 0 Å². The second-order valence-electron chi connectivity index (χ2n) is 5.04. The summed E-state index contributed by atoms with van der Waals surface area (Å²) in [5.74, 6) is 0.589. The topological polar surface area (TPSA) is 67.0 Å². The highest BCUT2D eigenvalue weighted by Crippen LogP contribution is 2.17. The molecule has 0 unspecified atom stereocenters. The molecule has 5 nitrogen and oxygen atoms in total. The van der Waals surface area contributed by atoms with Gasteiger partial charge in [0.2, 0.25) is 0 Å². The van der Waals surface area contributed by atoms with Crippen molar-refractivity contribution in [1.82, 2.24) is 15.5 Å². The number of aromatic nitrogens is 2. The number of aryl methyl sites for hydroxylation is 1. The highest BCUT2D eigenvalue weighted by Gasteiger charge is 2.13. The van der Waals surface area contributed by atoms with Crippen molar-refractivity contribution in [3.05, 3.63) is 59.8 Å². The minimum absolute atomic E-state index is 0.200. The van der Waals surface area contributed by atoms with E-state index in [4.69, 9.17) is 4.74 Å². The maximum absolute atomic E-state index is 12.2. The molecule has 0 aliphatic heterocycles. The van der Waals surface area contributed by atoms with Crippen molar-refractivity contribution in [3.8, 4) is 5.75 Å². The van der Waals surface area contributed by atoms with Crippen molar-refractivity contribution in [3.63, 3.8) is 0 Å². The van der Waals surface area contributed by atoms with Crippen LogP contribution in [0.3, 0.4) is 0 Å². The van der Waals surface area contributed by atoms with Crippen LogP contribution >= 0.6 is 0 Å². The Morgan fingerprint density at radius 1 is 1.23 bits per heavy atom. The van der Waals surface area contributed by atoms with Crippen LogP contribution in [0, 0.1) is 6.92 Å². The minimum atomic E-state index is -0.200. The predicted octanol–water partition coefficient (Wildman–Crippen LogP) is 2.68. The molecule has 1 aromatic heterocycles. The Kier molecular flexibility index (Phi) is 4.05. The molecule has 1 heterocycles. The number of benzene rings is 2. The fourth-order valence-corrected chi connectivity index (χ4v) is 2.23. The standard InChI is InChI=1S/C17H17N3O2/c1-12-7-8-15-14(11-12)16(20-19-15)17(21)18-9-10-22-13-5-3-2-4-6-13/h2-8,11H,9-10H2,1H3,(H,18,21)(H,19,20). The van der Waals surface area contributed by atoms with Gasteiger partial charge in [-0.05, 0) is 31.2 Å². The van der Waals surface area contributed by atoms with Crippen LogP contribution in [0.2, 0.25) is 0 Å². The molecule has 0 radical (unpaired) electrons. The summed E-state index contributed by atoms with van der Waals surface area (Å²) in [6.45, 7) is 2.83. The molecule has 112 valence electrons. The van der Waals surface area contributed by atoms with Crippen molar-refractivity contribution < 1.29 is 9.53 Å². The zero-order chi connectivity index (χ0) is 15.4. The minimum Gasteiger partial charge on any atom is -0.492 e. The van der Waals surface area contributed by atoms with E-state index in [1.54, 1.807) is 0 Å². The summed E-state index contributed by atoms with van der Waals surface area (Å²) in [6.07, 6.45) is 0. The van der Waals surface area contributed by atoms with Gasteiger partial charge in [-0.25, -0.2) is 0 Å². The van der Waals surface area contributed by atoms with Crippen LogP contribution in [0.4, 0.5) is 0 Å². The monoisotopic (exact) mass is 295 g/mol. The lowest BCUT2D eigenvalue weighted by Crippen LogP contribution is -2.28. The van der Waals surface area contributed by atoms with Gasteiger partial charge in [0.05, 0.1) is 12.1 Å². The molecule has 0 fully saturated rings. The molecule has 0 saturated carbocycles. The summed E-state index contributed by atoms with van der Waals surface area (Å²) in [7, 11) is 0. The Morgan fingerprint density at radius 2 is 2.05 bits per heavy atom. The third kappa shape index (κ3) is 3.09. The number of nitrogens with one attached hydrogen (secondary N) is 2. The van der Waals surface area contributed by atoms with E-state index in [0.29, 0.717) is 18.8 Å². The van der Waals surface area contributed by atoms with Gasteiger partial charge in [0, 0.05) is 5.39 Å². The van der Waals surface area contributed by atoms with E-state index in [2.05, 4.69) is 15.5 Å². The van der Waals surface area contributed by atoms with Crippen molar-refractivity contribution in [2.45, 2.75) is 6.92 Å². The highest BCUT2D eigenvalue weighted by molar-refractivity contribution is 6.04. The number of aromatic amines is 1. The van der Waals surface area contributed by atoms with Gasteiger partial charge in [0.15, 0.2) is 5.69 Å². The summed E-state index contributed by atoms with van der Waals surface area (Å²) >= 11 is 0. The molecule has 0 spiro atoms. The normalized spacial score (nSPS) is 10.6. The molecule has 3 rings (SSSR count). The first kappa shape index (κ1) is 14.1. The fraction of sp³-hybridized carbons (Fsp3) is 0.176. The van der Waals surface area contributed by atoms with Crippen LogP contribution in [-0.4, -0.2) is 29.3 Å². The molecule has 2 aromatic carbocycles. The third-order valence-corrected chi connectivity index (χ3v) is 3.33. The Balaban J connectivity index is 1.58. The number of ether oxygens (including phenoxy) is 1. The van der Waals surface area contributed by atoms with Gasteiger partial charge in [0.1, 0.15) is 12.4 Å². The summed E-state index contributed by atoms with van der Waals surface area (Å²) in [5.41, 5.74) is 2.37. The van der Waals surface area contributed by atoms with Gasteiger partial charge in [-0.15, -0.1) is 0 Å². The average Bonchev–Trinajstić information content (AvgIpc) is 2.95. The third-order valence-electron chi connectivity index (χ3n) is 3.33. The van der Waals surface area contributed by atoms with E-state index in [1.165, 1.54) is 0 Å². The average molecular weight is 295 g/mol. The van der Waals surface area contributed by atoms with Crippen LogP contribution < -0.4 is 10.1 Å². The number of H-pyrrole nitrogens is 1. The largest absolute Gasteiger partial charge is 0.492 e. The predicted molar refractivity (Wildman–Crippen MR) is 85.1 cm³/mol. The first-order valence-corrected chi connectivity index (χ1v) is 7.15. The van der Waals surface area contributed by atoms with Gasteiger partial charge >= 0.3 is 0 Å². The summed E-state index contributed by atoms with van der Waals surface area (Å²) in [6, 6.07) is 15.4. The number of rotatable bonds is 5. The highest BCUT2D eigenvalue weighted by atomic mass is 16.5. The Bertz CT molecular complexity index is 781. The van der Waals surface area contributed by atoms with E-state index in [-0.39, 0.29) is 5.91 Å². The quantitative estimate of drug-likeness (QED) is 0.711. The maximum atomic E-state index is 12.2. The van der Waals surface area contributed by atoms with Crippen LogP contribution in [0.15, 0.2) is 48.5 Å². The number of carbonyl (C=O) groups excluding carboxylic acids is 1. The van der Waals surface area contributed by atoms with E-state index in [0.717, 1.165) is 22.2 Å². The maximum Gasteiger partial charge on any atom is 0.272 e. The molecular formula is C17H17N3O2. The summed E-state index contributed by atoms with van der Waals surface area (Å²) in [4.78, 5) is 12.2. The van der Waals surface area contributed by atoms with Gasteiger partial charge < -0.3 is 10.1 Å². The molecule has 0 aliphatic carbocycles. The van der Waals surface area contributed by atoms with Crippen molar-refractivity contribution in [2.75, 3.05) is 13.2 Å². The van der Waals surface area contributed by atoms with E-state index in [1.807, 2.05) is 55.5 Å². The summed E-state index contributed by atoms with van der Waals surface area (Å²) < 4.78 is 5.54. The lowest BCUT2D eigenvalue weighted by Gasteiger charge is -2.06. The number of hydrogen-bond donors (Lipinski definition) is 2. The SMILES string of the molecule is Cc1ccc2[nH]nc(C(=O)NCCOc3ccccc3)c2c1. The molecule has 0 saturated heterocycles. The molecular weight excluding hydrogens is 278 g/mol. The Labute approximate surface area is 128 Å². The number of carbonyl (C=O) groups is 1. The number of amides is 1. The smallest absolute Gasteiger partial charge is 0.272 e. The number of hydrogen-bond acceptors (Lipinski definition) is 3. The molecule has 1 amide bonds. The zero-order valence-corrected chi connectivity index (χ0v) is 12.3. The number of fused-ring (bicyclic) bond motifs is 1. The molecule has 5 heteroatoms. The van der Waals surface area contributed by atoms with Gasteiger partial charge in [-0.2, -0.15) is 5.10 Å². The fourth-order valence-electron chi connectivity index (χ4n) is 2.23. The molecule has 3 aromatic rings. The van der Waals surface area contributed by atoms with Gasteiger partial charge in [-0.1, -0.05) is 29.8 Å². The lowest BCUT2D eigenvalue weighted by molar-refractivity contribution is 0.0943. The van der Waals surface area contributed by atoms with E-state index < -0.39 is 0 Å². The second-order valence-corrected chi connectivity index (χ2v) is 5.04. The first-order valence-electron chi connectivity index (χ1n) is 7.15. The van der Waals surface area contributed by atoms with Crippen LogP contribution in [-0.2, 0) is 0 Å². The van der Waals surface area contributed by atoms with Crippen LogP contribution in [0.25, 0.3) is 10.9 Å². The van der Waals surface area contributed by atoms with Crippen molar-refractivity contribution >= 4 is 16.8 Å². The van der Waals surface area contributed by atoms with Crippen LogP contribution in [0.1, 0.15) is 16.1 Å². The number of para-hydroxylation sites is 1. The molecule has 0 atom stereocenters. The van der Waals surface area contributed by atoms with Gasteiger partial charge in [-0.3, -0.25) is 9.89 Å². The van der Waals surface area contributed by atoms with Crippen molar-refractivity contribution in [2.24, 2.45) is 0 Å². The van der Waals surface area contributed by atoms with Crippen molar-refractivity contribution in [1.29, 1.82) is 0 Å². The molecule has 22 heavy (non-hydrogen) atoms. The molecule has 2 N–H and O–H groups in total. The Morgan fingerprint density at radius 3 is 2.86 bits per heavy atom. The Hall–Kier alpha value is -2.82. The number of nitrogens with zero attached hydrogens (tertiary/aromatic N) is 1. The summed E-state index contributed by atoms with van der Waals surface area (Å²) in [5, 5.41) is 10.6. The van der Waals surface area contributed by atoms with E-state index in [9.17, 15) is 4.79 Å². The van der Waals surface area contributed by atoms with Crippen LogP contribution in [0.5, 0.6) is 5.75 Å². The lowest BCUT2D eigenvalue weighted by atomic mass is 10.1. The molecule has 0 bridgehead atoms. The van der Waals surface area contributed by atoms with Gasteiger partial charge in [0.25, 0.3) is 5.91 Å². The zero-order valence-electron chi connectivity index (χ0n) is 12.3. The molecule has 0 aliphatic rings.